The molecule has 2 fully saturated rings. The summed E-state index contributed by atoms with van der Waals surface area (Å²) in [7, 11) is 0. The van der Waals surface area contributed by atoms with Crippen LogP contribution in [-0.2, 0) is 4.74 Å². The summed E-state index contributed by atoms with van der Waals surface area (Å²) in [5.41, 5.74) is 0.903. The summed E-state index contributed by atoms with van der Waals surface area (Å²) < 4.78 is 6.01. The van der Waals surface area contributed by atoms with Gasteiger partial charge in [-0.3, -0.25) is 4.98 Å². The van der Waals surface area contributed by atoms with E-state index in [2.05, 4.69) is 15.6 Å². The highest BCUT2D eigenvalue weighted by Gasteiger charge is 2.40. The first-order chi connectivity index (χ1) is 10.7. The van der Waals surface area contributed by atoms with Gasteiger partial charge in [0, 0.05) is 18.8 Å². The lowest BCUT2D eigenvalue weighted by Gasteiger charge is -2.38. The van der Waals surface area contributed by atoms with Crippen LogP contribution in [0.3, 0.4) is 0 Å². The molecule has 2 atom stereocenters. The van der Waals surface area contributed by atoms with E-state index in [9.17, 15) is 4.79 Å². The molecule has 1 aliphatic carbocycles. The van der Waals surface area contributed by atoms with E-state index in [-0.39, 0.29) is 23.7 Å². The van der Waals surface area contributed by atoms with Crippen LogP contribution in [0.5, 0.6) is 0 Å². The highest BCUT2D eigenvalue weighted by molar-refractivity contribution is 5.74. The molecular weight excluding hydrogens is 278 g/mol. The SMILES string of the molecule is C[C@@H](NC(=O)N[C@H]1CCOC2(CCCC2)C1)c1ccccn1. The van der Waals surface area contributed by atoms with Crippen molar-refractivity contribution in [2.45, 2.75) is 63.1 Å². The minimum absolute atomic E-state index is 0.0306. The van der Waals surface area contributed by atoms with Crippen molar-refractivity contribution >= 4 is 6.03 Å². The van der Waals surface area contributed by atoms with Gasteiger partial charge in [-0.1, -0.05) is 18.9 Å². The van der Waals surface area contributed by atoms with Crippen LogP contribution in [0.4, 0.5) is 4.79 Å². The number of hydrogen-bond donors (Lipinski definition) is 2. The number of ether oxygens (including phenoxy) is 1. The maximum atomic E-state index is 12.2. The summed E-state index contributed by atoms with van der Waals surface area (Å²) in [4.78, 5) is 16.5. The Morgan fingerprint density at radius 3 is 2.95 bits per heavy atom. The normalized spacial score (nSPS) is 24.9. The van der Waals surface area contributed by atoms with Crippen molar-refractivity contribution in [1.29, 1.82) is 0 Å². The smallest absolute Gasteiger partial charge is 0.315 e. The van der Waals surface area contributed by atoms with E-state index in [1.807, 2.05) is 25.1 Å². The van der Waals surface area contributed by atoms with E-state index >= 15 is 0 Å². The van der Waals surface area contributed by atoms with Crippen LogP contribution in [0, 0.1) is 0 Å². The number of pyridine rings is 1. The molecule has 5 heteroatoms. The standard InChI is InChI=1S/C17H25N3O2/c1-13(15-6-2-5-10-18-15)19-16(21)20-14-7-11-22-17(12-14)8-3-4-9-17/h2,5-6,10,13-14H,3-4,7-9,11-12H2,1H3,(H2,19,20,21)/t13-,14+/m1/s1. The number of hydrogen-bond acceptors (Lipinski definition) is 3. The molecule has 0 radical (unpaired) electrons. The van der Waals surface area contributed by atoms with Gasteiger partial charge in [-0.05, 0) is 44.7 Å². The Morgan fingerprint density at radius 2 is 2.23 bits per heavy atom. The molecule has 0 unspecified atom stereocenters. The van der Waals surface area contributed by atoms with Gasteiger partial charge < -0.3 is 15.4 Å². The van der Waals surface area contributed by atoms with E-state index in [0.29, 0.717) is 0 Å². The van der Waals surface area contributed by atoms with Crippen molar-refractivity contribution < 1.29 is 9.53 Å². The van der Waals surface area contributed by atoms with E-state index < -0.39 is 0 Å². The number of nitrogens with one attached hydrogen (secondary N) is 2. The first-order valence-corrected chi connectivity index (χ1v) is 8.29. The molecule has 1 spiro atoms. The lowest BCUT2D eigenvalue weighted by Crippen LogP contribution is -2.50. The molecule has 1 aromatic rings. The van der Waals surface area contributed by atoms with Gasteiger partial charge in [-0.2, -0.15) is 0 Å². The van der Waals surface area contributed by atoms with E-state index in [1.54, 1.807) is 6.20 Å². The average molecular weight is 303 g/mol. The average Bonchev–Trinajstić information content (AvgIpc) is 2.95. The van der Waals surface area contributed by atoms with Gasteiger partial charge in [0.25, 0.3) is 0 Å². The maximum absolute atomic E-state index is 12.2. The van der Waals surface area contributed by atoms with Gasteiger partial charge in [0.1, 0.15) is 0 Å². The molecule has 1 aromatic heterocycles. The number of carbonyl (C=O) groups is 1. The van der Waals surface area contributed by atoms with Gasteiger partial charge in [0.2, 0.25) is 0 Å². The summed E-state index contributed by atoms with van der Waals surface area (Å²) in [5.74, 6) is 0. The Morgan fingerprint density at radius 1 is 1.41 bits per heavy atom. The second kappa shape index (κ2) is 6.65. The fourth-order valence-corrected chi connectivity index (χ4v) is 3.65. The molecule has 1 saturated carbocycles. The first kappa shape index (κ1) is 15.3. The Kier molecular flexibility index (Phi) is 4.62. The summed E-state index contributed by atoms with van der Waals surface area (Å²) >= 11 is 0. The van der Waals surface area contributed by atoms with Crippen molar-refractivity contribution in [3.8, 4) is 0 Å². The summed E-state index contributed by atoms with van der Waals surface area (Å²) in [6.45, 7) is 2.70. The van der Waals surface area contributed by atoms with Crippen LogP contribution >= 0.6 is 0 Å². The summed E-state index contributed by atoms with van der Waals surface area (Å²) in [6.07, 6.45) is 8.35. The Hall–Kier alpha value is -1.62. The van der Waals surface area contributed by atoms with Crippen LogP contribution in [0.1, 0.15) is 57.2 Å². The molecule has 2 amide bonds. The zero-order valence-electron chi connectivity index (χ0n) is 13.2. The van der Waals surface area contributed by atoms with Gasteiger partial charge >= 0.3 is 6.03 Å². The molecule has 2 N–H and O–H groups in total. The molecule has 1 aliphatic heterocycles. The third-order valence-electron chi connectivity index (χ3n) is 4.82. The molecule has 3 rings (SSSR count). The highest BCUT2D eigenvalue weighted by atomic mass is 16.5. The van der Waals surface area contributed by atoms with E-state index in [4.69, 9.17) is 4.74 Å². The third-order valence-corrected chi connectivity index (χ3v) is 4.82. The molecule has 22 heavy (non-hydrogen) atoms. The van der Waals surface area contributed by atoms with Gasteiger partial charge in [-0.25, -0.2) is 4.79 Å². The van der Waals surface area contributed by atoms with Crippen molar-refractivity contribution in [3.63, 3.8) is 0 Å². The van der Waals surface area contributed by atoms with Crippen LogP contribution in [-0.4, -0.2) is 29.3 Å². The van der Waals surface area contributed by atoms with Crippen LogP contribution in [0.2, 0.25) is 0 Å². The number of urea groups is 1. The van der Waals surface area contributed by atoms with Crippen molar-refractivity contribution in [3.05, 3.63) is 30.1 Å². The fraction of sp³-hybridized carbons (Fsp3) is 0.647. The van der Waals surface area contributed by atoms with Crippen LogP contribution in [0.25, 0.3) is 0 Å². The molecule has 2 heterocycles. The van der Waals surface area contributed by atoms with Crippen molar-refractivity contribution in [2.75, 3.05) is 6.61 Å². The number of amides is 2. The lowest BCUT2D eigenvalue weighted by molar-refractivity contribution is -0.0820. The third kappa shape index (κ3) is 3.58. The molecular formula is C17H25N3O2. The maximum Gasteiger partial charge on any atom is 0.315 e. The Balaban J connectivity index is 1.51. The van der Waals surface area contributed by atoms with E-state index in [1.165, 1.54) is 12.8 Å². The van der Waals surface area contributed by atoms with Crippen LogP contribution < -0.4 is 10.6 Å². The van der Waals surface area contributed by atoms with Crippen molar-refractivity contribution in [1.82, 2.24) is 15.6 Å². The molecule has 0 aromatic carbocycles. The molecule has 120 valence electrons. The second-order valence-electron chi connectivity index (χ2n) is 6.52. The minimum Gasteiger partial charge on any atom is -0.375 e. The number of rotatable bonds is 3. The summed E-state index contributed by atoms with van der Waals surface area (Å²) in [6, 6.07) is 5.73. The number of aromatic nitrogens is 1. The van der Waals surface area contributed by atoms with Crippen molar-refractivity contribution in [2.24, 2.45) is 0 Å². The molecule has 5 nitrogen and oxygen atoms in total. The van der Waals surface area contributed by atoms with Crippen LogP contribution in [0.15, 0.2) is 24.4 Å². The molecule has 2 aliphatic rings. The quantitative estimate of drug-likeness (QED) is 0.902. The fourth-order valence-electron chi connectivity index (χ4n) is 3.65. The van der Waals surface area contributed by atoms with Gasteiger partial charge in [0.05, 0.1) is 17.3 Å². The minimum atomic E-state index is -0.113. The largest absolute Gasteiger partial charge is 0.375 e. The van der Waals surface area contributed by atoms with Gasteiger partial charge in [-0.15, -0.1) is 0 Å². The lowest BCUT2D eigenvalue weighted by atomic mass is 9.89. The predicted molar refractivity (Wildman–Crippen MR) is 84.5 cm³/mol. The highest BCUT2D eigenvalue weighted by Crippen LogP contribution is 2.39. The number of nitrogens with zero attached hydrogens (tertiary/aromatic N) is 1. The monoisotopic (exact) mass is 303 g/mol. The molecule has 0 bridgehead atoms. The van der Waals surface area contributed by atoms with E-state index in [0.717, 1.165) is 38.0 Å². The Labute approximate surface area is 131 Å². The van der Waals surface area contributed by atoms with Gasteiger partial charge in [0.15, 0.2) is 0 Å². The zero-order valence-corrected chi connectivity index (χ0v) is 13.2. The Bertz CT molecular complexity index is 500. The summed E-state index contributed by atoms with van der Waals surface area (Å²) in [5, 5.41) is 6.08. The number of carbonyl (C=O) groups excluding carboxylic acids is 1. The second-order valence-corrected chi connectivity index (χ2v) is 6.52. The zero-order chi connectivity index (χ0) is 15.4. The first-order valence-electron chi connectivity index (χ1n) is 8.29. The predicted octanol–water partition coefficient (Wildman–Crippen LogP) is 2.93. The molecule has 1 saturated heterocycles. The topological polar surface area (TPSA) is 63.2 Å².